The first-order valence-corrected chi connectivity index (χ1v) is 5.57. The topological polar surface area (TPSA) is 0 Å². The Morgan fingerprint density at radius 1 is 1.23 bits per heavy atom. The predicted octanol–water partition coefficient (Wildman–Crippen LogP) is 3.87. The number of rotatable bonds is 1. The number of aryl methyl sites for hydroxylation is 2. The van der Waals surface area contributed by atoms with E-state index in [0.29, 0.717) is 12.8 Å². The maximum absolute atomic E-state index is 13.9. The summed E-state index contributed by atoms with van der Waals surface area (Å²) in [5.41, 5.74) is 2.15. The minimum absolute atomic E-state index is 0.704. The second kappa shape index (κ2) is 2.94. The van der Waals surface area contributed by atoms with Crippen molar-refractivity contribution in [1.82, 2.24) is 0 Å². The average molecular weight is 290 g/mol. The normalized spacial score (nSPS) is 18.8. The first kappa shape index (κ1) is 9.44. The average Bonchev–Trinajstić information content (AvgIpc) is 2.65. The van der Waals surface area contributed by atoms with E-state index in [1.165, 1.54) is 3.57 Å². The maximum Gasteiger partial charge on any atom is 0.136 e. The summed E-state index contributed by atoms with van der Waals surface area (Å²) in [6.07, 6.45) is 1.41. The molecule has 0 aliphatic heterocycles. The van der Waals surface area contributed by atoms with Gasteiger partial charge in [0.05, 0.1) is 0 Å². The quantitative estimate of drug-likeness (QED) is 0.689. The molecule has 0 amide bonds. The van der Waals surface area contributed by atoms with Crippen molar-refractivity contribution in [2.75, 3.05) is 0 Å². The molecule has 1 aromatic rings. The Kier molecular flexibility index (Phi) is 2.13. The molecule has 1 aliphatic rings. The van der Waals surface area contributed by atoms with Crippen LogP contribution in [0.2, 0.25) is 0 Å². The molecule has 0 aromatic heterocycles. The zero-order valence-electron chi connectivity index (χ0n) is 7.82. The Bertz CT molecular complexity index is 330. The second-order valence-electron chi connectivity index (χ2n) is 3.88. The molecule has 0 nitrogen and oxygen atoms in total. The molecule has 1 fully saturated rings. The second-order valence-corrected chi connectivity index (χ2v) is 5.13. The van der Waals surface area contributed by atoms with Crippen LogP contribution in [0.1, 0.15) is 29.5 Å². The van der Waals surface area contributed by atoms with Crippen molar-refractivity contribution in [2.24, 2.45) is 0 Å². The lowest BCUT2D eigenvalue weighted by atomic mass is 9.97. The lowest BCUT2D eigenvalue weighted by molar-refractivity contribution is 0.315. The smallest absolute Gasteiger partial charge is 0.136 e. The molecular formula is C11H12FI. The monoisotopic (exact) mass is 290 g/mol. The predicted molar refractivity (Wildman–Crippen MR) is 60.7 cm³/mol. The molecule has 0 heterocycles. The van der Waals surface area contributed by atoms with Crippen LogP contribution < -0.4 is 0 Å². The molecule has 13 heavy (non-hydrogen) atoms. The molecule has 0 unspecified atom stereocenters. The SMILES string of the molecule is Cc1cc(I)cc(C)c1C1(F)CC1. The van der Waals surface area contributed by atoms with Crippen LogP contribution in [0.5, 0.6) is 0 Å². The van der Waals surface area contributed by atoms with Crippen molar-refractivity contribution in [3.8, 4) is 0 Å². The molecule has 0 N–H and O–H groups in total. The molecule has 70 valence electrons. The molecule has 1 aliphatic carbocycles. The van der Waals surface area contributed by atoms with Gasteiger partial charge in [0, 0.05) is 3.57 Å². The van der Waals surface area contributed by atoms with E-state index in [0.717, 1.165) is 16.7 Å². The van der Waals surface area contributed by atoms with Crippen molar-refractivity contribution in [3.63, 3.8) is 0 Å². The van der Waals surface area contributed by atoms with Crippen molar-refractivity contribution in [2.45, 2.75) is 32.4 Å². The number of halogens is 2. The molecule has 1 saturated carbocycles. The molecule has 2 heteroatoms. The summed E-state index contributed by atoms with van der Waals surface area (Å²) in [5.74, 6) is 0. The van der Waals surface area contributed by atoms with Gasteiger partial charge in [-0.2, -0.15) is 0 Å². The molecular weight excluding hydrogens is 278 g/mol. The van der Waals surface area contributed by atoms with Crippen LogP contribution in [0.15, 0.2) is 12.1 Å². The minimum atomic E-state index is -0.988. The van der Waals surface area contributed by atoms with Gasteiger partial charge in [-0.1, -0.05) is 0 Å². The van der Waals surface area contributed by atoms with E-state index in [1.54, 1.807) is 0 Å². The summed E-state index contributed by atoms with van der Waals surface area (Å²) in [6.45, 7) is 4.01. The molecule has 0 saturated heterocycles. The molecule has 0 atom stereocenters. The first-order valence-electron chi connectivity index (χ1n) is 4.49. The minimum Gasteiger partial charge on any atom is -0.239 e. The summed E-state index contributed by atoms with van der Waals surface area (Å²) in [5, 5.41) is 0. The first-order chi connectivity index (χ1) is 6.03. The Labute approximate surface area is 91.7 Å². The number of benzene rings is 1. The fourth-order valence-electron chi connectivity index (χ4n) is 1.98. The van der Waals surface area contributed by atoms with Gasteiger partial charge in [0.1, 0.15) is 5.67 Å². The van der Waals surface area contributed by atoms with E-state index < -0.39 is 5.67 Å². The highest BCUT2D eigenvalue weighted by molar-refractivity contribution is 14.1. The van der Waals surface area contributed by atoms with Gasteiger partial charge in [0.15, 0.2) is 0 Å². The Morgan fingerprint density at radius 3 is 2.08 bits per heavy atom. The summed E-state index contributed by atoms with van der Waals surface area (Å²) in [4.78, 5) is 0. The molecule has 0 radical (unpaired) electrons. The summed E-state index contributed by atoms with van der Waals surface area (Å²) >= 11 is 2.27. The zero-order chi connectivity index (χ0) is 9.64. The van der Waals surface area contributed by atoms with Crippen LogP contribution in [0.25, 0.3) is 0 Å². The molecule has 1 aromatic carbocycles. The van der Waals surface area contributed by atoms with Gasteiger partial charge >= 0.3 is 0 Å². The number of hydrogen-bond acceptors (Lipinski definition) is 0. The largest absolute Gasteiger partial charge is 0.239 e. The zero-order valence-corrected chi connectivity index (χ0v) is 9.98. The Morgan fingerprint density at radius 2 is 1.69 bits per heavy atom. The summed E-state index contributed by atoms with van der Waals surface area (Å²) in [7, 11) is 0. The van der Waals surface area contributed by atoms with Crippen LogP contribution in [-0.4, -0.2) is 0 Å². The van der Waals surface area contributed by atoms with Gasteiger partial charge in [-0.25, -0.2) is 4.39 Å². The number of alkyl halides is 1. The van der Waals surface area contributed by atoms with E-state index in [-0.39, 0.29) is 0 Å². The lowest BCUT2D eigenvalue weighted by Gasteiger charge is -2.13. The van der Waals surface area contributed by atoms with Gasteiger partial charge in [-0.3, -0.25) is 0 Å². The van der Waals surface area contributed by atoms with Crippen molar-refractivity contribution in [1.29, 1.82) is 0 Å². The lowest BCUT2D eigenvalue weighted by Crippen LogP contribution is -2.04. The van der Waals surface area contributed by atoms with Gasteiger partial charge in [-0.05, 0) is 78.1 Å². The third kappa shape index (κ3) is 1.60. The van der Waals surface area contributed by atoms with Gasteiger partial charge < -0.3 is 0 Å². The fourth-order valence-corrected chi connectivity index (χ4v) is 2.91. The highest BCUT2D eigenvalue weighted by Crippen LogP contribution is 2.51. The van der Waals surface area contributed by atoms with E-state index in [2.05, 4.69) is 34.7 Å². The van der Waals surface area contributed by atoms with E-state index in [4.69, 9.17) is 0 Å². The van der Waals surface area contributed by atoms with Crippen LogP contribution in [0.4, 0.5) is 4.39 Å². The summed E-state index contributed by atoms with van der Waals surface area (Å²) < 4.78 is 15.1. The standard InChI is InChI=1S/C11H12FI/c1-7-5-9(13)6-8(2)10(7)11(12)3-4-11/h5-6H,3-4H2,1-2H3. The fraction of sp³-hybridized carbons (Fsp3) is 0.455. The molecule has 0 bridgehead atoms. The van der Waals surface area contributed by atoms with Crippen LogP contribution in [0, 0.1) is 17.4 Å². The Balaban J connectivity index is 2.57. The van der Waals surface area contributed by atoms with Gasteiger partial charge in [0.25, 0.3) is 0 Å². The molecule has 0 spiro atoms. The maximum atomic E-state index is 13.9. The summed E-state index contributed by atoms with van der Waals surface area (Å²) in [6, 6.07) is 4.12. The Hall–Kier alpha value is -0.120. The van der Waals surface area contributed by atoms with Crippen LogP contribution >= 0.6 is 22.6 Å². The van der Waals surface area contributed by atoms with E-state index >= 15 is 0 Å². The van der Waals surface area contributed by atoms with Crippen LogP contribution in [0.3, 0.4) is 0 Å². The van der Waals surface area contributed by atoms with Crippen molar-refractivity contribution < 1.29 is 4.39 Å². The van der Waals surface area contributed by atoms with Crippen molar-refractivity contribution in [3.05, 3.63) is 32.4 Å². The third-order valence-electron chi connectivity index (χ3n) is 2.63. The third-order valence-corrected chi connectivity index (χ3v) is 3.26. The van der Waals surface area contributed by atoms with E-state index in [9.17, 15) is 4.39 Å². The molecule has 2 rings (SSSR count). The van der Waals surface area contributed by atoms with E-state index in [1.807, 2.05) is 13.8 Å². The van der Waals surface area contributed by atoms with Crippen molar-refractivity contribution >= 4 is 22.6 Å². The van der Waals surface area contributed by atoms with Crippen LogP contribution in [-0.2, 0) is 5.67 Å². The number of hydrogen-bond donors (Lipinski definition) is 0. The van der Waals surface area contributed by atoms with Gasteiger partial charge in [-0.15, -0.1) is 0 Å². The highest BCUT2D eigenvalue weighted by atomic mass is 127. The van der Waals surface area contributed by atoms with Gasteiger partial charge in [0.2, 0.25) is 0 Å². The highest BCUT2D eigenvalue weighted by Gasteiger charge is 2.46.